The topological polar surface area (TPSA) is 8.17 Å². The molecular formula is C57H44N2S2. The second-order valence-electron chi connectivity index (χ2n) is 17.7. The van der Waals surface area contributed by atoms with Crippen molar-refractivity contribution in [3.63, 3.8) is 0 Å². The molecule has 0 fully saturated rings. The lowest BCUT2D eigenvalue weighted by molar-refractivity contribution is 0.607. The molecule has 0 saturated heterocycles. The molecule has 0 amide bonds. The summed E-state index contributed by atoms with van der Waals surface area (Å²) in [6.07, 6.45) is 25.3. The Balaban J connectivity index is 1.02. The Kier molecular flexibility index (Phi) is 7.87. The third-order valence-corrected chi connectivity index (χ3v) is 16.6. The summed E-state index contributed by atoms with van der Waals surface area (Å²) in [6.45, 7) is 4.86. The number of hydrogen-bond acceptors (Lipinski definition) is 3. The Morgan fingerprint density at radius 2 is 1.48 bits per heavy atom. The van der Waals surface area contributed by atoms with Crippen molar-refractivity contribution in [2.24, 2.45) is 0 Å². The molecule has 0 saturated carbocycles. The highest BCUT2D eigenvalue weighted by Gasteiger charge is 2.38. The minimum absolute atomic E-state index is 0.0297. The Hall–Kier alpha value is -6.07. The molecule has 1 aliphatic heterocycles. The van der Waals surface area contributed by atoms with Crippen LogP contribution in [0, 0.1) is 0 Å². The predicted molar refractivity (Wildman–Crippen MR) is 264 cm³/mol. The molecule has 2 atom stereocenters. The molecule has 0 N–H and O–H groups in total. The summed E-state index contributed by atoms with van der Waals surface area (Å²) in [4.78, 5) is 3.93. The minimum Gasteiger partial charge on any atom is -0.310 e. The first-order valence-corrected chi connectivity index (χ1v) is 23.6. The second-order valence-corrected chi connectivity index (χ2v) is 20.0. The zero-order chi connectivity index (χ0) is 40.4. The third-order valence-electron chi connectivity index (χ3n) is 14.1. The van der Waals surface area contributed by atoms with Crippen molar-refractivity contribution in [3.05, 3.63) is 192 Å². The minimum atomic E-state index is -0.0297. The number of nitrogens with zero attached hydrogens (tertiary/aromatic N) is 2. The number of allylic oxidation sites excluding steroid dienone is 11. The molecule has 13 rings (SSSR count). The SMILES string of the molecule is CC1(C)C2=C(C=CCC2)c2ccc(N(c3ccc(-c4cccc5c4SC4C=CC=CC54)cc3)c3ccc4c(c3)c3c5c(ccc3n4C3=CCCC=C3)sc3ccccc35)cc21. The molecule has 61 heavy (non-hydrogen) atoms. The van der Waals surface area contributed by atoms with Crippen LogP contribution in [0.1, 0.15) is 62.1 Å². The second kappa shape index (κ2) is 13.5. The van der Waals surface area contributed by atoms with Crippen LogP contribution in [-0.4, -0.2) is 9.82 Å². The van der Waals surface area contributed by atoms with E-state index in [1.807, 2.05) is 23.1 Å². The largest absolute Gasteiger partial charge is 0.310 e. The molecule has 6 aromatic carbocycles. The summed E-state index contributed by atoms with van der Waals surface area (Å²) in [5.74, 6) is 0.444. The summed E-state index contributed by atoms with van der Waals surface area (Å²) in [5, 5.41) is 5.78. The van der Waals surface area contributed by atoms with Gasteiger partial charge in [0, 0.05) is 75.2 Å². The molecule has 8 aromatic rings. The zero-order valence-corrected chi connectivity index (χ0v) is 36.0. The summed E-state index contributed by atoms with van der Waals surface area (Å²) in [6, 6.07) is 44.4. The van der Waals surface area contributed by atoms with Gasteiger partial charge < -0.3 is 9.47 Å². The van der Waals surface area contributed by atoms with E-state index in [-0.39, 0.29) is 5.41 Å². The molecule has 0 bridgehead atoms. The Morgan fingerprint density at radius 1 is 0.656 bits per heavy atom. The van der Waals surface area contributed by atoms with Crippen molar-refractivity contribution in [2.75, 3.05) is 4.90 Å². The van der Waals surface area contributed by atoms with Gasteiger partial charge in [-0.1, -0.05) is 123 Å². The fourth-order valence-corrected chi connectivity index (χ4v) is 13.8. The van der Waals surface area contributed by atoms with E-state index in [1.54, 1.807) is 5.57 Å². The van der Waals surface area contributed by atoms with Crippen LogP contribution < -0.4 is 4.90 Å². The fraction of sp³-hybridized carbons (Fsp3) is 0.158. The highest BCUT2D eigenvalue weighted by Crippen LogP contribution is 2.54. The first-order chi connectivity index (χ1) is 30.0. The van der Waals surface area contributed by atoms with Crippen LogP contribution in [0.15, 0.2) is 180 Å². The number of anilines is 3. The van der Waals surface area contributed by atoms with Crippen LogP contribution in [0.4, 0.5) is 17.1 Å². The number of benzene rings is 6. The summed E-state index contributed by atoms with van der Waals surface area (Å²) < 4.78 is 5.18. The van der Waals surface area contributed by atoms with E-state index in [9.17, 15) is 0 Å². The molecule has 3 heterocycles. The van der Waals surface area contributed by atoms with E-state index < -0.39 is 0 Å². The van der Waals surface area contributed by atoms with Gasteiger partial charge in [-0.2, -0.15) is 0 Å². The van der Waals surface area contributed by atoms with Gasteiger partial charge in [-0.15, -0.1) is 23.1 Å². The number of thioether (sulfide) groups is 1. The fourth-order valence-electron chi connectivity index (χ4n) is 11.2. The van der Waals surface area contributed by atoms with Crippen molar-refractivity contribution in [2.45, 2.75) is 61.0 Å². The van der Waals surface area contributed by atoms with Gasteiger partial charge in [-0.25, -0.2) is 0 Å². The number of fused-ring (bicyclic) bond motifs is 12. The Morgan fingerprint density at radius 3 is 2.38 bits per heavy atom. The Labute approximate surface area is 365 Å². The van der Waals surface area contributed by atoms with Gasteiger partial charge in [0.15, 0.2) is 0 Å². The van der Waals surface area contributed by atoms with E-state index >= 15 is 0 Å². The lowest BCUT2D eigenvalue weighted by Gasteiger charge is -2.29. The zero-order valence-electron chi connectivity index (χ0n) is 34.4. The van der Waals surface area contributed by atoms with E-state index in [4.69, 9.17) is 0 Å². The molecule has 4 heteroatoms. The molecular weight excluding hydrogens is 777 g/mol. The first kappa shape index (κ1) is 35.7. The van der Waals surface area contributed by atoms with Gasteiger partial charge >= 0.3 is 0 Å². The smallest absolute Gasteiger partial charge is 0.0548 e. The number of hydrogen-bond donors (Lipinski definition) is 0. The molecule has 0 radical (unpaired) electrons. The van der Waals surface area contributed by atoms with Gasteiger partial charge in [0.05, 0.1) is 11.0 Å². The molecule has 5 aliphatic rings. The van der Waals surface area contributed by atoms with E-state index in [2.05, 4.69) is 193 Å². The normalized spacial score (nSPS) is 19.5. The number of thiophene rings is 1. The van der Waals surface area contributed by atoms with Crippen molar-refractivity contribution in [1.82, 2.24) is 4.57 Å². The lowest BCUT2D eigenvalue weighted by Crippen LogP contribution is -2.18. The van der Waals surface area contributed by atoms with Gasteiger partial charge in [0.1, 0.15) is 0 Å². The van der Waals surface area contributed by atoms with Gasteiger partial charge in [0.25, 0.3) is 0 Å². The van der Waals surface area contributed by atoms with Crippen molar-refractivity contribution >= 4 is 93.4 Å². The maximum absolute atomic E-state index is 2.51. The van der Waals surface area contributed by atoms with Crippen molar-refractivity contribution < 1.29 is 0 Å². The van der Waals surface area contributed by atoms with Crippen LogP contribution in [0.25, 0.3) is 64.4 Å². The molecule has 2 unspecified atom stereocenters. The maximum Gasteiger partial charge on any atom is 0.0548 e. The molecule has 4 aliphatic carbocycles. The van der Waals surface area contributed by atoms with Crippen molar-refractivity contribution in [3.8, 4) is 11.1 Å². The van der Waals surface area contributed by atoms with Gasteiger partial charge in [-0.3, -0.25) is 0 Å². The summed E-state index contributed by atoms with van der Waals surface area (Å²) in [7, 11) is 0. The highest BCUT2D eigenvalue weighted by atomic mass is 32.2. The predicted octanol–water partition coefficient (Wildman–Crippen LogP) is 16.6. The lowest BCUT2D eigenvalue weighted by atomic mass is 9.78. The summed E-state index contributed by atoms with van der Waals surface area (Å²) >= 11 is 3.92. The van der Waals surface area contributed by atoms with E-state index in [0.717, 1.165) is 37.1 Å². The quantitative estimate of drug-likeness (QED) is 0.171. The Bertz CT molecular complexity index is 3380. The highest BCUT2D eigenvalue weighted by molar-refractivity contribution is 8.00. The number of rotatable bonds is 5. The van der Waals surface area contributed by atoms with E-state index in [1.165, 1.54) is 91.6 Å². The number of aromatic nitrogens is 1. The average Bonchev–Trinajstić information content (AvgIpc) is 4.03. The molecule has 2 nitrogen and oxygen atoms in total. The maximum atomic E-state index is 2.51. The molecule has 294 valence electrons. The van der Waals surface area contributed by atoms with Crippen LogP contribution in [0.3, 0.4) is 0 Å². The standard InChI is InChI=1S/C57H44N2S2/c1-57(2)47-20-9-6-15-41(47)42-29-27-39(34-48(42)57)58(37-25-23-35(24-26-37)40-18-12-19-44-43-16-7-10-21-51(43)61-56(40)44)38-28-30-49-46(33-38)54-50(59(49)36-13-4-3-5-14-36)31-32-53-55(54)45-17-8-11-22-52(45)60-53/h4,6-8,10-19,21-34,43,51H,3,5,9,20H2,1-2H3. The molecule has 0 spiro atoms. The van der Waals surface area contributed by atoms with Gasteiger partial charge in [0.2, 0.25) is 0 Å². The van der Waals surface area contributed by atoms with Crippen LogP contribution >= 0.6 is 23.1 Å². The van der Waals surface area contributed by atoms with Gasteiger partial charge in [-0.05, 0) is 126 Å². The third kappa shape index (κ3) is 5.28. The van der Waals surface area contributed by atoms with Crippen LogP contribution in [-0.2, 0) is 5.41 Å². The van der Waals surface area contributed by atoms with Crippen molar-refractivity contribution in [1.29, 1.82) is 0 Å². The summed E-state index contributed by atoms with van der Waals surface area (Å²) in [5.41, 5.74) is 17.1. The van der Waals surface area contributed by atoms with Crippen LogP contribution in [0.2, 0.25) is 0 Å². The van der Waals surface area contributed by atoms with Crippen LogP contribution in [0.5, 0.6) is 0 Å². The molecule has 2 aromatic heterocycles. The average molecular weight is 821 g/mol. The first-order valence-electron chi connectivity index (χ1n) is 21.9. The monoisotopic (exact) mass is 820 g/mol. The van der Waals surface area contributed by atoms with E-state index in [0.29, 0.717) is 11.2 Å².